The van der Waals surface area contributed by atoms with E-state index in [1.807, 2.05) is 0 Å². The maximum absolute atomic E-state index is 9.51. The average Bonchev–Trinajstić information content (AvgIpc) is 2.33. The predicted molar refractivity (Wildman–Crippen MR) is 73.9 cm³/mol. The maximum atomic E-state index is 9.51. The van der Waals surface area contributed by atoms with E-state index in [1.54, 1.807) is 12.3 Å². The molecule has 0 aromatic carbocycles. The molecule has 3 nitrogen and oxygen atoms in total. The third-order valence-electron chi connectivity index (χ3n) is 3.65. The van der Waals surface area contributed by atoms with E-state index in [4.69, 9.17) is 23.2 Å². The highest BCUT2D eigenvalue weighted by Crippen LogP contribution is 2.26. The van der Waals surface area contributed by atoms with Gasteiger partial charge < -0.3 is 5.11 Å². The van der Waals surface area contributed by atoms with E-state index < -0.39 is 0 Å². The molecule has 1 aromatic rings. The van der Waals surface area contributed by atoms with Gasteiger partial charge in [0.05, 0.1) is 22.3 Å². The Labute approximate surface area is 118 Å². The highest BCUT2D eigenvalue weighted by atomic mass is 35.5. The molecule has 0 radical (unpaired) electrons. The van der Waals surface area contributed by atoms with Crippen LogP contribution in [-0.2, 0) is 6.54 Å². The summed E-state index contributed by atoms with van der Waals surface area (Å²) in [6.45, 7) is 4.03. The zero-order valence-electron chi connectivity index (χ0n) is 10.4. The lowest BCUT2D eigenvalue weighted by atomic mass is 9.91. The van der Waals surface area contributed by atoms with Crippen LogP contribution in [-0.4, -0.2) is 34.2 Å². The van der Waals surface area contributed by atoms with Gasteiger partial charge in [0, 0.05) is 18.8 Å². The van der Waals surface area contributed by atoms with Crippen LogP contribution in [0.5, 0.6) is 0 Å². The lowest BCUT2D eigenvalue weighted by Crippen LogP contribution is -2.46. The van der Waals surface area contributed by atoms with Crippen molar-refractivity contribution in [3.8, 4) is 0 Å². The number of hydrogen-bond acceptors (Lipinski definition) is 3. The Bertz CT molecular complexity index is 414. The zero-order chi connectivity index (χ0) is 13.1. The Morgan fingerprint density at radius 1 is 1.50 bits per heavy atom. The summed E-state index contributed by atoms with van der Waals surface area (Å²) < 4.78 is 0. The molecule has 0 spiro atoms. The van der Waals surface area contributed by atoms with Gasteiger partial charge in [-0.15, -0.1) is 0 Å². The van der Waals surface area contributed by atoms with E-state index in [0.29, 0.717) is 22.5 Å². The number of aliphatic hydroxyl groups excluding tert-OH is 1. The summed E-state index contributed by atoms with van der Waals surface area (Å²) in [6.07, 6.45) is 3.94. The van der Waals surface area contributed by atoms with Crippen LogP contribution in [0.3, 0.4) is 0 Å². The van der Waals surface area contributed by atoms with E-state index in [2.05, 4.69) is 16.8 Å². The third kappa shape index (κ3) is 3.15. The number of rotatable bonds is 3. The van der Waals surface area contributed by atoms with Crippen LogP contribution in [0.25, 0.3) is 0 Å². The molecule has 18 heavy (non-hydrogen) atoms. The second-order valence-electron chi connectivity index (χ2n) is 4.92. The fourth-order valence-electron chi connectivity index (χ4n) is 2.58. The number of aromatic nitrogens is 1. The van der Waals surface area contributed by atoms with Crippen LogP contribution in [0.4, 0.5) is 0 Å². The number of halogens is 2. The minimum Gasteiger partial charge on any atom is -0.395 e. The number of likely N-dealkylation sites (tertiary alicyclic amines) is 1. The second kappa shape index (κ2) is 6.20. The van der Waals surface area contributed by atoms with E-state index in [0.717, 1.165) is 18.7 Å². The van der Waals surface area contributed by atoms with Crippen molar-refractivity contribution in [2.45, 2.75) is 32.4 Å². The lowest BCUT2D eigenvalue weighted by molar-refractivity contribution is 0.0464. The molecule has 1 saturated heterocycles. The molecule has 0 amide bonds. The van der Waals surface area contributed by atoms with Crippen molar-refractivity contribution in [1.82, 2.24) is 9.88 Å². The monoisotopic (exact) mass is 288 g/mol. The van der Waals surface area contributed by atoms with Gasteiger partial charge in [-0.05, 0) is 31.4 Å². The van der Waals surface area contributed by atoms with Gasteiger partial charge in [0.15, 0.2) is 0 Å². The molecule has 1 aromatic heterocycles. The standard InChI is InChI=1S/C13H18Cl2N2O/c1-9-3-2-4-17(13(9)8-18)7-12-11(15)5-10(14)6-16-12/h5-6,9,13,18H,2-4,7-8H2,1H3. The van der Waals surface area contributed by atoms with E-state index in [-0.39, 0.29) is 12.6 Å². The Balaban J connectivity index is 2.11. The minimum atomic E-state index is 0.187. The summed E-state index contributed by atoms with van der Waals surface area (Å²) in [6, 6.07) is 1.92. The van der Waals surface area contributed by atoms with Gasteiger partial charge in [-0.3, -0.25) is 9.88 Å². The fourth-order valence-corrected chi connectivity index (χ4v) is 3.02. The van der Waals surface area contributed by atoms with Crippen molar-refractivity contribution >= 4 is 23.2 Å². The molecular formula is C13H18Cl2N2O. The third-order valence-corrected chi connectivity index (χ3v) is 4.19. The Morgan fingerprint density at radius 3 is 2.94 bits per heavy atom. The molecule has 2 atom stereocenters. The van der Waals surface area contributed by atoms with Crippen LogP contribution in [0, 0.1) is 5.92 Å². The molecule has 1 fully saturated rings. The maximum Gasteiger partial charge on any atom is 0.0731 e. The van der Waals surface area contributed by atoms with Gasteiger partial charge in [-0.2, -0.15) is 0 Å². The molecule has 1 aliphatic rings. The van der Waals surface area contributed by atoms with Gasteiger partial charge in [0.1, 0.15) is 0 Å². The van der Waals surface area contributed by atoms with E-state index in [9.17, 15) is 5.11 Å². The highest BCUT2D eigenvalue weighted by molar-refractivity contribution is 6.34. The average molecular weight is 289 g/mol. The summed E-state index contributed by atoms with van der Waals surface area (Å²) >= 11 is 12.0. The molecule has 1 aliphatic heterocycles. The Hall–Kier alpha value is -0.350. The van der Waals surface area contributed by atoms with E-state index in [1.165, 1.54) is 6.42 Å². The Kier molecular flexibility index (Phi) is 4.84. The zero-order valence-corrected chi connectivity index (χ0v) is 12.0. The van der Waals surface area contributed by atoms with Crippen molar-refractivity contribution < 1.29 is 5.11 Å². The molecule has 2 unspecified atom stereocenters. The number of nitrogens with zero attached hydrogens (tertiary/aromatic N) is 2. The van der Waals surface area contributed by atoms with Gasteiger partial charge in [-0.25, -0.2) is 0 Å². The number of hydrogen-bond donors (Lipinski definition) is 1. The summed E-state index contributed by atoms with van der Waals surface area (Å²) in [5, 5.41) is 10.7. The molecule has 0 aliphatic carbocycles. The molecular weight excluding hydrogens is 271 g/mol. The SMILES string of the molecule is CC1CCCN(Cc2ncc(Cl)cc2Cl)C1CO. The van der Waals surface area contributed by atoms with Crippen LogP contribution >= 0.6 is 23.2 Å². The van der Waals surface area contributed by atoms with Crippen molar-refractivity contribution in [1.29, 1.82) is 0 Å². The first-order valence-corrected chi connectivity index (χ1v) is 7.02. The molecule has 5 heteroatoms. The smallest absolute Gasteiger partial charge is 0.0731 e. The summed E-state index contributed by atoms with van der Waals surface area (Å²) in [5.41, 5.74) is 0.827. The second-order valence-corrected chi connectivity index (χ2v) is 5.77. The first-order chi connectivity index (χ1) is 8.61. The van der Waals surface area contributed by atoms with Crippen molar-refractivity contribution in [2.24, 2.45) is 5.92 Å². The first kappa shape index (κ1) is 14.1. The predicted octanol–water partition coefficient (Wildman–Crippen LogP) is 2.98. The molecule has 2 heterocycles. The number of piperidine rings is 1. The molecule has 2 rings (SSSR count). The minimum absolute atomic E-state index is 0.187. The first-order valence-electron chi connectivity index (χ1n) is 6.26. The quantitative estimate of drug-likeness (QED) is 0.929. The summed E-state index contributed by atoms with van der Waals surface area (Å²) in [5.74, 6) is 0.509. The summed E-state index contributed by atoms with van der Waals surface area (Å²) in [7, 11) is 0. The van der Waals surface area contributed by atoms with Gasteiger partial charge in [0.2, 0.25) is 0 Å². The van der Waals surface area contributed by atoms with Crippen molar-refractivity contribution in [3.05, 3.63) is 28.0 Å². The van der Waals surface area contributed by atoms with Gasteiger partial charge >= 0.3 is 0 Å². The van der Waals surface area contributed by atoms with Crippen molar-refractivity contribution in [2.75, 3.05) is 13.2 Å². The molecule has 1 N–H and O–H groups in total. The van der Waals surface area contributed by atoms with Crippen molar-refractivity contribution in [3.63, 3.8) is 0 Å². The van der Waals surface area contributed by atoms with Crippen LogP contribution in [0.2, 0.25) is 10.0 Å². The molecule has 100 valence electrons. The Morgan fingerprint density at radius 2 is 2.28 bits per heavy atom. The van der Waals surface area contributed by atoms with Crippen LogP contribution < -0.4 is 0 Å². The summed E-state index contributed by atoms with van der Waals surface area (Å²) in [4.78, 5) is 6.54. The fraction of sp³-hybridized carbons (Fsp3) is 0.615. The highest BCUT2D eigenvalue weighted by Gasteiger charge is 2.28. The number of pyridine rings is 1. The molecule has 0 bridgehead atoms. The molecule has 0 saturated carbocycles. The topological polar surface area (TPSA) is 36.4 Å². The van der Waals surface area contributed by atoms with Crippen LogP contribution in [0.15, 0.2) is 12.3 Å². The van der Waals surface area contributed by atoms with Gasteiger partial charge in [-0.1, -0.05) is 30.1 Å². The lowest BCUT2D eigenvalue weighted by Gasteiger charge is -2.38. The largest absolute Gasteiger partial charge is 0.395 e. The number of aliphatic hydroxyl groups is 1. The van der Waals surface area contributed by atoms with E-state index >= 15 is 0 Å². The van der Waals surface area contributed by atoms with Crippen LogP contribution in [0.1, 0.15) is 25.5 Å². The normalized spacial score (nSPS) is 25.3. The van der Waals surface area contributed by atoms with Gasteiger partial charge in [0.25, 0.3) is 0 Å².